The molecular formula is C17H15F3N6. The zero-order valence-corrected chi connectivity index (χ0v) is 13.9. The largest absolute Gasteiger partial charge is 0.417 e. The molecular weight excluding hydrogens is 345 g/mol. The van der Waals surface area contributed by atoms with Gasteiger partial charge < -0.3 is 5.32 Å². The minimum atomic E-state index is -4.48. The average molecular weight is 360 g/mol. The summed E-state index contributed by atoms with van der Waals surface area (Å²) in [5.74, 6) is 1.46. The Labute approximate surface area is 146 Å². The van der Waals surface area contributed by atoms with Crippen molar-refractivity contribution in [1.29, 1.82) is 0 Å². The monoisotopic (exact) mass is 360 g/mol. The van der Waals surface area contributed by atoms with Crippen LogP contribution in [0.2, 0.25) is 0 Å². The number of alkyl halides is 3. The molecule has 9 heteroatoms. The van der Waals surface area contributed by atoms with Crippen LogP contribution in [0.25, 0.3) is 11.4 Å². The van der Waals surface area contributed by atoms with E-state index >= 15 is 0 Å². The van der Waals surface area contributed by atoms with E-state index in [1.54, 1.807) is 13.0 Å². The Morgan fingerprint density at radius 3 is 2.62 bits per heavy atom. The van der Waals surface area contributed by atoms with Crippen LogP contribution in [-0.2, 0) is 19.0 Å². The van der Waals surface area contributed by atoms with E-state index in [4.69, 9.17) is 0 Å². The Bertz CT molecular complexity index is 963. The molecule has 0 fully saturated rings. The number of fused-ring (bicyclic) bond motifs is 1. The lowest BCUT2D eigenvalue weighted by Crippen LogP contribution is -2.10. The van der Waals surface area contributed by atoms with Gasteiger partial charge in [-0.05, 0) is 32.3 Å². The first-order chi connectivity index (χ1) is 12.4. The summed E-state index contributed by atoms with van der Waals surface area (Å²) < 4.78 is 40.1. The van der Waals surface area contributed by atoms with Gasteiger partial charge in [-0.25, -0.2) is 9.97 Å². The van der Waals surface area contributed by atoms with Crippen molar-refractivity contribution in [2.75, 3.05) is 5.32 Å². The van der Waals surface area contributed by atoms with Crippen LogP contribution in [-0.4, -0.2) is 25.1 Å². The minimum Gasteiger partial charge on any atom is -0.307 e. The molecule has 134 valence electrons. The molecule has 0 bridgehead atoms. The molecule has 4 rings (SSSR count). The van der Waals surface area contributed by atoms with Crippen molar-refractivity contribution < 1.29 is 13.2 Å². The number of hydrogen-bond donors (Lipinski definition) is 2. The van der Waals surface area contributed by atoms with Crippen molar-refractivity contribution in [2.24, 2.45) is 0 Å². The molecule has 0 atom stereocenters. The van der Waals surface area contributed by atoms with Gasteiger partial charge >= 0.3 is 6.18 Å². The first-order valence-electron chi connectivity index (χ1n) is 8.14. The highest BCUT2D eigenvalue weighted by Gasteiger charge is 2.34. The number of aromatic amines is 1. The quantitative estimate of drug-likeness (QED) is 0.742. The van der Waals surface area contributed by atoms with E-state index in [-0.39, 0.29) is 11.4 Å². The van der Waals surface area contributed by atoms with E-state index in [1.807, 2.05) is 0 Å². The molecule has 1 aliphatic carbocycles. The highest BCUT2D eigenvalue weighted by atomic mass is 19.4. The van der Waals surface area contributed by atoms with Crippen LogP contribution in [0.1, 0.15) is 29.1 Å². The number of aromatic nitrogens is 5. The summed E-state index contributed by atoms with van der Waals surface area (Å²) in [6, 6.07) is 5.33. The topological polar surface area (TPSA) is 79.4 Å². The summed E-state index contributed by atoms with van der Waals surface area (Å²) in [7, 11) is 0. The van der Waals surface area contributed by atoms with Gasteiger partial charge in [-0.3, -0.25) is 5.10 Å². The van der Waals surface area contributed by atoms with Gasteiger partial charge in [0.1, 0.15) is 11.6 Å². The van der Waals surface area contributed by atoms with Crippen LogP contribution < -0.4 is 5.32 Å². The van der Waals surface area contributed by atoms with Crippen LogP contribution in [0.5, 0.6) is 0 Å². The van der Waals surface area contributed by atoms with Crippen molar-refractivity contribution in [1.82, 2.24) is 25.1 Å². The second-order valence-electron chi connectivity index (χ2n) is 6.09. The Kier molecular flexibility index (Phi) is 3.86. The maximum Gasteiger partial charge on any atom is 0.417 e. The number of benzene rings is 1. The molecule has 0 saturated carbocycles. The number of H-pyrrole nitrogens is 1. The number of rotatable bonds is 3. The van der Waals surface area contributed by atoms with Gasteiger partial charge in [-0.1, -0.05) is 18.2 Å². The first-order valence-corrected chi connectivity index (χ1v) is 8.14. The predicted molar refractivity (Wildman–Crippen MR) is 88.9 cm³/mol. The minimum absolute atomic E-state index is 0.0380. The van der Waals surface area contributed by atoms with E-state index in [1.165, 1.54) is 12.1 Å². The second-order valence-corrected chi connectivity index (χ2v) is 6.09. The van der Waals surface area contributed by atoms with Crippen molar-refractivity contribution in [2.45, 2.75) is 32.4 Å². The smallest absolute Gasteiger partial charge is 0.307 e. The molecule has 0 unspecified atom stereocenters. The van der Waals surface area contributed by atoms with Gasteiger partial charge in [0, 0.05) is 16.8 Å². The lowest BCUT2D eigenvalue weighted by atomic mass is 10.1. The summed E-state index contributed by atoms with van der Waals surface area (Å²) in [5, 5.41) is 9.73. The number of halogens is 3. The van der Waals surface area contributed by atoms with Crippen LogP contribution in [0.4, 0.5) is 24.9 Å². The van der Waals surface area contributed by atoms with Crippen molar-refractivity contribution >= 4 is 11.8 Å². The molecule has 2 N–H and O–H groups in total. The van der Waals surface area contributed by atoms with E-state index in [0.29, 0.717) is 24.0 Å². The van der Waals surface area contributed by atoms with Crippen LogP contribution in [0, 0.1) is 6.92 Å². The third-order valence-electron chi connectivity index (χ3n) is 4.23. The van der Waals surface area contributed by atoms with Gasteiger partial charge in [-0.2, -0.15) is 18.2 Å². The molecule has 2 aromatic heterocycles. The molecule has 1 aliphatic rings. The van der Waals surface area contributed by atoms with Crippen LogP contribution in [0.15, 0.2) is 24.3 Å². The molecule has 1 aromatic carbocycles. The molecule has 0 aliphatic heterocycles. The average Bonchev–Trinajstić information content (AvgIpc) is 3.23. The Morgan fingerprint density at radius 1 is 1.08 bits per heavy atom. The fourth-order valence-electron chi connectivity index (χ4n) is 3.09. The number of nitrogens with one attached hydrogen (secondary N) is 2. The second kappa shape index (κ2) is 6.08. The fourth-order valence-corrected chi connectivity index (χ4v) is 3.09. The predicted octanol–water partition coefficient (Wildman–Crippen LogP) is 3.82. The number of aryl methyl sites for hydroxylation is 2. The number of nitrogens with zero attached hydrogens (tertiary/aromatic N) is 4. The molecule has 6 nitrogen and oxygen atoms in total. The highest BCUT2D eigenvalue weighted by molar-refractivity contribution is 5.66. The summed E-state index contributed by atoms with van der Waals surface area (Å²) in [4.78, 5) is 13.0. The van der Waals surface area contributed by atoms with Gasteiger partial charge in [0.05, 0.1) is 5.56 Å². The number of hydrogen-bond acceptors (Lipinski definition) is 5. The lowest BCUT2D eigenvalue weighted by Gasteiger charge is -2.14. The zero-order valence-electron chi connectivity index (χ0n) is 13.9. The molecule has 0 radical (unpaired) electrons. The molecule has 0 amide bonds. The van der Waals surface area contributed by atoms with Gasteiger partial charge in [0.2, 0.25) is 5.95 Å². The Morgan fingerprint density at radius 2 is 1.88 bits per heavy atom. The van der Waals surface area contributed by atoms with E-state index < -0.39 is 11.7 Å². The van der Waals surface area contributed by atoms with E-state index in [9.17, 15) is 13.2 Å². The summed E-state index contributed by atoms with van der Waals surface area (Å²) in [6.07, 6.45) is -2.12. The van der Waals surface area contributed by atoms with E-state index in [0.717, 1.165) is 30.2 Å². The normalized spacial score (nSPS) is 13.7. The maximum absolute atomic E-state index is 13.4. The standard InChI is InChI=1S/C17H15F3N6/c1-9-21-16(26-25-9)24-15-11-6-4-8-13(11)22-14(23-15)10-5-2-3-7-12(10)17(18,19)20/h2-3,5,7H,4,6,8H2,1H3,(H2,21,22,23,24,25,26). The van der Waals surface area contributed by atoms with Crippen LogP contribution in [0.3, 0.4) is 0 Å². The maximum atomic E-state index is 13.4. The van der Waals surface area contributed by atoms with Crippen LogP contribution >= 0.6 is 0 Å². The highest BCUT2D eigenvalue weighted by Crippen LogP contribution is 2.37. The van der Waals surface area contributed by atoms with Gasteiger partial charge in [0.15, 0.2) is 5.82 Å². The molecule has 0 spiro atoms. The molecule has 0 saturated heterocycles. The fraction of sp³-hybridized carbons (Fsp3) is 0.294. The summed E-state index contributed by atoms with van der Waals surface area (Å²) in [5.41, 5.74) is 0.879. The third-order valence-corrected chi connectivity index (χ3v) is 4.23. The third kappa shape index (κ3) is 3.00. The molecule has 2 heterocycles. The SMILES string of the molecule is Cc1nc(Nc2nc(-c3ccccc3C(F)(F)F)nc3c2CCC3)n[nH]1. The first kappa shape index (κ1) is 16.5. The number of anilines is 2. The Balaban J connectivity index is 1.83. The van der Waals surface area contributed by atoms with Crippen molar-refractivity contribution in [3.63, 3.8) is 0 Å². The van der Waals surface area contributed by atoms with Gasteiger partial charge in [0.25, 0.3) is 0 Å². The molecule has 26 heavy (non-hydrogen) atoms. The zero-order chi connectivity index (χ0) is 18.3. The van der Waals surface area contributed by atoms with Crippen molar-refractivity contribution in [3.05, 3.63) is 46.9 Å². The lowest BCUT2D eigenvalue weighted by molar-refractivity contribution is -0.137. The van der Waals surface area contributed by atoms with Gasteiger partial charge in [-0.15, -0.1) is 5.10 Å². The summed E-state index contributed by atoms with van der Waals surface area (Å²) >= 11 is 0. The molecule has 3 aromatic rings. The summed E-state index contributed by atoms with van der Waals surface area (Å²) in [6.45, 7) is 1.76. The van der Waals surface area contributed by atoms with E-state index in [2.05, 4.69) is 30.5 Å². The Hall–Kier alpha value is -2.97. The van der Waals surface area contributed by atoms with Crippen molar-refractivity contribution in [3.8, 4) is 11.4 Å².